The molecule has 0 aliphatic rings. The summed E-state index contributed by atoms with van der Waals surface area (Å²) in [4.78, 5) is 64.0. The lowest BCUT2D eigenvalue weighted by Crippen LogP contribution is -2.49. The molecule has 2 atom stereocenters. The minimum atomic E-state index is -1.22. The first kappa shape index (κ1) is 29.1. The van der Waals surface area contributed by atoms with Crippen LogP contribution in [-0.2, 0) is 28.8 Å². The van der Waals surface area contributed by atoms with Gasteiger partial charge in [0.1, 0.15) is 18.6 Å². The summed E-state index contributed by atoms with van der Waals surface area (Å²) < 4.78 is 0. The molecule has 8 N–H and O–H groups in total. The van der Waals surface area contributed by atoms with Crippen LogP contribution in [0.25, 0.3) is 0 Å². The summed E-state index contributed by atoms with van der Waals surface area (Å²) in [7, 11) is 0. The van der Waals surface area contributed by atoms with Gasteiger partial charge < -0.3 is 36.8 Å². The van der Waals surface area contributed by atoms with Crippen molar-refractivity contribution in [3.8, 4) is 0 Å². The maximum Gasteiger partial charge on any atom is 0.331 e. The largest absolute Gasteiger partial charge is 0.480 e. The molecule has 2 amide bonds. The Bertz CT molecular complexity index is 685. The molecule has 170 valence electrons. The summed E-state index contributed by atoms with van der Waals surface area (Å²) in [5, 5.41) is 37.9. The average molecular weight is 451 g/mol. The lowest BCUT2D eigenvalue weighted by atomic mass is 10.1. The van der Waals surface area contributed by atoms with Crippen LogP contribution in [0.2, 0.25) is 0 Å². The van der Waals surface area contributed by atoms with Gasteiger partial charge in [0.05, 0.1) is 0 Å². The van der Waals surface area contributed by atoms with E-state index in [4.69, 9.17) is 26.2 Å². The molecular formula is C16H25N3O10S. The van der Waals surface area contributed by atoms with E-state index >= 15 is 0 Å². The van der Waals surface area contributed by atoms with Gasteiger partial charge in [-0.3, -0.25) is 19.2 Å². The molecule has 0 aliphatic heterocycles. The van der Waals surface area contributed by atoms with Crippen molar-refractivity contribution in [1.29, 1.82) is 0 Å². The maximum absolute atomic E-state index is 11.5. The third kappa shape index (κ3) is 13.1. The number of rotatable bonds is 11. The Labute approximate surface area is 176 Å². The van der Waals surface area contributed by atoms with Crippen LogP contribution in [-0.4, -0.2) is 80.5 Å². The smallest absolute Gasteiger partial charge is 0.331 e. The summed E-state index contributed by atoms with van der Waals surface area (Å²) in [5.41, 5.74) is 4.97. The van der Waals surface area contributed by atoms with Crippen molar-refractivity contribution in [1.82, 2.24) is 10.6 Å². The number of hydrogen-bond donors (Lipinski definition) is 8. The quantitative estimate of drug-likeness (QED) is 0.130. The Morgan fingerprint density at radius 3 is 1.73 bits per heavy atom. The van der Waals surface area contributed by atoms with E-state index in [9.17, 15) is 28.8 Å². The highest BCUT2D eigenvalue weighted by molar-refractivity contribution is 7.80. The molecule has 0 aromatic carbocycles. The first-order chi connectivity index (χ1) is 13.7. The van der Waals surface area contributed by atoms with Gasteiger partial charge in [-0.25, -0.2) is 9.59 Å². The topological polar surface area (TPSA) is 233 Å². The van der Waals surface area contributed by atoms with E-state index in [0.29, 0.717) is 0 Å². The summed E-state index contributed by atoms with van der Waals surface area (Å²) in [5.74, 6) is -6.09. The lowest BCUT2D eigenvalue weighted by molar-refractivity contribution is -0.139. The van der Waals surface area contributed by atoms with E-state index in [2.05, 4.69) is 23.3 Å². The molecule has 0 aromatic heterocycles. The molecule has 0 unspecified atom stereocenters. The fraction of sp³-hybridized carbons (Fsp3) is 0.500. The molecule has 0 saturated carbocycles. The van der Waals surface area contributed by atoms with E-state index in [1.54, 1.807) is 0 Å². The minimum absolute atomic E-state index is 0.0256. The number of carboxylic acid groups (broad SMARTS) is 4. The Hall–Kier alpha value is -3.13. The van der Waals surface area contributed by atoms with E-state index in [0.717, 1.165) is 0 Å². The highest BCUT2D eigenvalue weighted by Gasteiger charge is 2.21. The molecule has 30 heavy (non-hydrogen) atoms. The van der Waals surface area contributed by atoms with Crippen molar-refractivity contribution in [3.05, 3.63) is 11.1 Å². The zero-order chi connectivity index (χ0) is 24.0. The molecular weight excluding hydrogens is 426 g/mol. The van der Waals surface area contributed by atoms with Gasteiger partial charge in [-0.1, -0.05) is 0 Å². The molecule has 0 radical (unpaired) electrons. The molecule has 0 rings (SSSR count). The van der Waals surface area contributed by atoms with E-state index in [1.165, 1.54) is 13.8 Å². The molecule has 0 saturated heterocycles. The van der Waals surface area contributed by atoms with Crippen molar-refractivity contribution in [2.45, 2.75) is 38.8 Å². The number of carboxylic acids is 4. The number of carbonyl (C=O) groups excluding carboxylic acids is 2. The van der Waals surface area contributed by atoms with Crippen molar-refractivity contribution < 1.29 is 49.2 Å². The zero-order valence-electron chi connectivity index (χ0n) is 16.2. The second-order valence-electron chi connectivity index (χ2n) is 5.76. The van der Waals surface area contributed by atoms with Crippen LogP contribution in [0.15, 0.2) is 11.1 Å². The van der Waals surface area contributed by atoms with Crippen LogP contribution in [0.5, 0.6) is 0 Å². The summed E-state index contributed by atoms with van der Waals surface area (Å²) in [6.07, 6.45) is -0.235. The van der Waals surface area contributed by atoms with Gasteiger partial charge in [0.15, 0.2) is 0 Å². The van der Waals surface area contributed by atoms with Crippen LogP contribution in [0.1, 0.15) is 26.7 Å². The molecule has 14 heteroatoms. The Morgan fingerprint density at radius 1 is 0.933 bits per heavy atom. The number of aliphatic carboxylic acids is 4. The van der Waals surface area contributed by atoms with E-state index in [1.807, 2.05) is 0 Å². The van der Waals surface area contributed by atoms with Crippen LogP contribution in [0.3, 0.4) is 0 Å². The molecule has 13 nitrogen and oxygen atoms in total. The van der Waals surface area contributed by atoms with Crippen molar-refractivity contribution in [2.24, 2.45) is 5.73 Å². The Morgan fingerprint density at radius 2 is 1.40 bits per heavy atom. The highest BCUT2D eigenvalue weighted by atomic mass is 32.1. The highest BCUT2D eigenvalue weighted by Crippen LogP contribution is 2.02. The van der Waals surface area contributed by atoms with Crippen LogP contribution < -0.4 is 16.4 Å². The first-order valence-corrected chi connectivity index (χ1v) is 8.89. The summed E-state index contributed by atoms with van der Waals surface area (Å²) >= 11 is 3.87. The zero-order valence-corrected chi connectivity index (χ0v) is 17.1. The van der Waals surface area contributed by atoms with Gasteiger partial charge >= 0.3 is 23.9 Å². The molecule has 0 fully saturated rings. The van der Waals surface area contributed by atoms with Crippen molar-refractivity contribution in [3.63, 3.8) is 0 Å². The molecule has 0 aliphatic carbocycles. The lowest BCUT2D eigenvalue weighted by Gasteiger charge is -2.16. The van der Waals surface area contributed by atoms with E-state index in [-0.39, 0.29) is 29.7 Å². The third-order valence-electron chi connectivity index (χ3n) is 3.45. The minimum Gasteiger partial charge on any atom is -0.480 e. The Balaban J connectivity index is 0. The third-order valence-corrected chi connectivity index (χ3v) is 3.82. The van der Waals surface area contributed by atoms with Crippen LogP contribution >= 0.6 is 12.6 Å². The first-order valence-electron chi connectivity index (χ1n) is 8.26. The van der Waals surface area contributed by atoms with Gasteiger partial charge in [-0.05, 0) is 20.3 Å². The fourth-order valence-electron chi connectivity index (χ4n) is 1.48. The van der Waals surface area contributed by atoms with Gasteiger partial charge in [0, 0.05) is 23.3 Å². The average Bonchev–Trinajstić information content (AvgIpc) is 2.67. The molecule has 0 spiro atoms. The number of thiol groups is 1. The number of hydrogen-bond acceptors (Lipinski definition) is 8. The monoisotopic (exact) mass is 451 g/mol. The Kier molecular flexibility index (Phi) is 14.4. The number of carbonyl (C=O) groups is 6. The van der Waals surface area contributed by atoms with Crippen molar-refractivity contribution >= 4 is 48.3 Å². The van der Waals surface area contributed by atoms with Gasteiger partial charge in [0.2, 0.25) is 11.8 Å². The van der Waals surface area contributed by atoms with Gasteiger partial charge in [-0.15, -0.1) is 0 Å². The standard InChI is InChI=1S/C10H17N3O6S.C6H8O4/c11-5(10(18)19)1-2-7(14)13-6(4-20)9(17)12-3-8(15)16;1-3(5(7)8)4(2)6(9)10/h5-6,20H,1-4,11H2,(H,12,17)(H,13,14)(H,15,16)(H,18,19);1-2H3,(H,7,8)(H,9,10)/b;4-3+/t5-,6-;/m0./s1. The fourth-order valence-corrected chi connectivity index (χ4v) is 1.73. The summed E-state index contributed by atoms with van der Waals surface area (Å²) in [6, 6.07) is -2.15. The number of nitrogens with two attached hydrogens (primary N) is 1. The second kappa shape index (κ2) is 14.8. The van der Waals surface area contributed by atoms with E-state index < -0.39 is 54.3 Å². The van der Waals surface area contributed by atoms with Crippen molar-refractivity contribution in [2.75, 3.05) is 12.3 Å². The van der Waals surface area contributed by atoms with Gasteiger partial charge in [0.25, 0.3) is 0 Å². The SMILES string of the molecule is C/C(C(=O)O)=C(/C)C(=O)O.N[C@@H](CCC(=O)N[C@@H](CS)C(=O)NCC(=O)O)C(=O)O. The number of nitrogens with one attached hydrogen (secondary N) is 2. The molecule has 0 bridgehead atoms. The van der Waals surface area contributed by atoms with Gasteiger partial charge in [-0.2, -0.15) is 12.6 Å². The van der Waals surface area contributed by atoms with Crippen LogP contribution in [0, 0.1) is 0 Å². The predicted octanol–water partition coefficient (Wildman–Crippen LogP) is -1.71. The molecule has 0 heterocycles. The maximum atomic E-state index is 11.5. The number of amides is 2. The second-order valence-corrected chi connectivity index (χ2v) is 6.12. The van der Waals surface area contributed by atoms with Crippen LogP contribution in [0.4, 0.5) is 0 Å². The predicted molar refractivity (Wildman–Crippen MR) is 105 cm³/mol. The molecule has 0 aromatic rings. The normalized spacial score (nSPS) is 12.8. The summed E-state index contributed by atoms with van der Waals surface area (Å²) in [6.45, 7) is 1.94.